The highest BCUT2D eigenvalue weighted by Crippen LogP contribution is 2.16. The molecule has 0 aliphatic carbocycles. The fraction of sp³-hybridized carbons (Fsp3) is 0.370. The predicted octanol–water partition coefficient (Wildman–Crippen LogP) is 2.36. The molecule has 0 bridgehead atoms. The molecule has 186 valence electrons. The number of aromatic nitrogens is 1. The lowest BCUT2D eigenvalue weighted by atomic mass is 10.1. The molecule has 8 nitrogen and oxygen atoms in total. The van der Waals surface area contributed by atoms with Crippen LogP contribution in [0.25, 0.3) is 11.4 Å². The SMILES string of the molecule is Cc1cc(C#CCN(N)/C=C(\N)c2ccc(N(C)C)cc2)cnc1/C(N)=C/NCC1CCCCO1. The van der Waals surface area contributed by atoms with E-state index in [-0.39, 0.29) is 6.10 Å². The van der Waals surface area contributed by atoms with Crippen molar-refractivity contribution in [3.8, 4) is 11.8 Å². The van der Waals surface area contributed by atoms with Gasteiger partial charge in [0.25, 0.3) is 0 Å². The zero-order chi connectivity index (χ0) is 25.2. The molecule has 1 aliphatic heterocycles. The minimum atomic E-state index is 0.246. The molecule has 35 heavy (non-hydrogen) atoms. The van der Waals surface area contributed by atoms with Crippen molar-refractivity contribution in [3.63, 3.8) is 0 Å². The Labute approximate surface area is 208 Å². The number of ether oxygens (including phenoxy) is 1. The lowest BCUT2D eigenvalue weighted by molar-refractivity contribution is 0.0188. The number of hydrazine groups is 1. The molecular formula is C27H37N7O. The summed E-state index contributed by atoms with van der Waals surface area (Å²) in [7, 11) is 3.99. The van der Waals surface area contributed by atoms with Crippen LogP contribution in [-0.4, -0.2) is 49.9 Å². The topological polar surface area (TPSA) is 119 Å². The van der Waals surface area contributed by atoms with Gasteiger partial charge in [0.2, 0.25) is 0 Å². The second-order valence-corrected chi connectivity index (χ2v) is 8.89. The Bertz CT molecular complexity index is 1090. The predicted molar refractivity (Wildman–Crippen MR) is 143 cm³/mol. The van der Waals surface area contributed by atoms with Gasteiger partial charge in [0, 0.05) is 57.1 Å². The Hall–Kier alpha value is -3.67. The van der Waals surface area contributed by atoms with Gasteiger partial charge in [0.15, 0.2) is 0 Å². The van der Waals surface area contributed by atoms with E-state index in [4.69, 9.17) is 22.0 Å². The lowest BCUT2D eigenvalue weighted by Gasteiger charge is -2.22. The minimum absolute atomic E-state index is 0.246. The van der Waals surface area contributed by atoms with Crippen molar-refractivity contribution in [1.29, 1.82) is 0 Å². The van der Waals surface area contributed by atoms with Gasteiger partial charge in [-0.25, -0.2) is 5.84 Å². The van der Waals surface area contributed by atoms with Crippen LogP contribution in [0.1, 0.15) is 41.6 Å². The summed E-state index contributed by atoms with van der Waals surface area (Å²) in [6.07, 6.45) is 8.89. The maximum atomic E-state index is 6.23. The second kappa shape index (κ2) is 12.7. The molecule has 1 atom stereocenters. The molecule has 3 rings (SSSR count). The summed E-state index contributed by atoms with van der Waals surface area (Å²) in [4.78, 5) is 6.54. The van der Waals surface area contributed by atoms with Gasteiger partial charge in [0.05, 0.1) is 29.7 Å². The molecular weight excluding hydrogens is 438 g/mol. The molecule has 1 aromatic heterocycles. The fourth-order valence-electron chi connectivity index (χ4n) is 3.77. The third-order valence-electron chi connectivity index (χ3n) is 5.75. The molecule has 1 saturated heterocycles. The van der Waals surface area contributed by atoms with Crippen LogP contribution >= 0.6 is 0 Å². The Balaban J connectivity index is 1.54. The number of hydrogen-bond acceptors (Lipinski definition) is 8. The van der Waals surface area contributed by atoms with E-state index in [1.165, 1.54) is 11.4 Å². The highest BCUT2D eigenvalue weighted by atomic mass is 16.5. The Morgan fingerprint density at radius 1 is 1.20 bits per heavy atom. The van der Waals surface area contributed by atoms with Crippen molar-refractivity contribution < 1.29 is 4.74 Å². The highest BCUT2D eigenvalue weighted by molar-refractivity contribution is 5.65. The van der Waals surface area contributed by atoms with Gasteiger partial charge in [-0.05, 0) is 55.5 Å². The van der Waals surface area contributed by atoms with Crippen molar-refractivity contribution in [2.45, 2.75) is 32.3 Å². The van der Waals surface area contributed by atoms with Gasteiger partial charge in [-0.1, -0.05) is 24.0 Å². The molecule has 8 heteroatoms. The summed E-state index contributed by atoms with van der Waals surface area (Å²) in [5.74, 6) is 12.2. The maximum absolute atomic E-state index is 6.23. The average molecular weight is 476 g/mol. The van der Waals surface area contributed by atoms with Gasteiger partial charge in [0.1, 0.15) is 0 Å². The molecule has 0 radical (unpaired) electrons. The van der Waals surface area contributed by atoms with E-state index in [0.29, 0.717) is 17.9 Å². The molecule has 1 unspecified atom stereocenters. The van der Waals surface area contributed by atoms with Gasteiger partial charge < -0.3 is 31.4 Å². The normalized spacial score (nSPS) is 16.3. The number of rotatable bonds is 8. The first-order valence-corrected chi connectivity index (χ1v) is 11.9. The zero-order valence-electron chi connectivity index (χ0n) is 20.9. The number of anilines is 1. The van der Waals surface area contributed by atoms with Crippen molar-refractivity contribution in [2.75, 3.05) is 38.7 Å². The number of pyridine rings is 1. The van der Waals surface area contributed by atoms with Crippen LogP contribution in [-0.2, 0) is 4.74 Å². The minimum Gasteiger partial charge on any atom is -0.397 e. The first-order chi connectivity index (χ1) is 16.8. The van der Waals surface area contributed by atoms with Gasteiger partial charge in [-0.3, -0.25) is 4.98 Å². The Kier molecular flexibility index (Phi) is 9.41. The fourth-order valence-corrected chi connectivity index (χ4v) is 3.77. The first kappa shape index (κ1) is 25.9. The molecule has 1 aromatic carbocycles. The summed E-state index contributed by atoms with van der Waals surface area (Å²) in [5, 5.41) is 4.73. The largest absolute Gasteiger partial charge is 0.397 e. The molecule has 0 saturated carbocycles. The summed E-state index contributed by atoms with van der Waals surface area (Å²) < 4.78 is 5.73. The van der Waals surface area contributed by atoms with Gasteiger partial charge in [-0.15, -0.1) is 0 Å². The monoisotopic (exact) mass is 475 g/mol. The second-order valence-electron chi connectivity index (χ2n) is 8.89. The summed E-state index contributed by atoms with van der Waals surface area (Å²) in [6, 6.07) is 9.93. The maximum Gasteiger partial charge on any atom is 0.0948 e. The van der Waals surface area contributed by atoms with E-state index in [0.717, 1.165) is 54.1 Å². The molecule has 1 fully saturated rings. The lowest BCUT2D eigenvalue weighted by Crippen LogP contribution is -2.29. The standard InChI is InChI=1S/C27H37N7O/c1-20-15-21(16-32-27(20)25(28)18-31-17-24-8-4-5-14-35-24)7-6-13-34(30)19-26(29)22-9-11-23(12-10-22)33(2)3/h9-12,15-16,18-19,24,31H,4-5,8,13-14,17,28-30H2,1-3H3/b25-18-,26-19-. The van der Waals surface area contributed by atoms with E-state index >= 15 is 0 Å². The number of nitrogens with zero attached hydrogens (tertiary/aromatic N) is 3. The smallest absolute Gasteiger partial charge is 0.0948 e. The molecule has 1 aliphatic rings. The summed E-state index contributed by atoms with van der Waals surface area (Å²) in [6.45, 7) is 3.88. The number of aryl methyl sites for hydroxylation is 1. The van der Waals surface area contributed by atoms with E-state index in [9.17, 15) is 0 Å². The number of benzene rings is 1. The van der Waals surface area contributed by atoms with Crippen LogP contribution < -0.4 is 27.5 Å². The van der Waals surface area contributed by atoms with Crippen molar-refractivity contribution in [1.82, 2.24) is 15.3 Å². The highest BCUT2D eigenvalue weighted by Gasteiger charge is 2.12. The molecule has 0 spiro atoms. The van der Waals surface area contributed by atoms with Crippen LogP contribution in [0.15, 0.2) is 48.9 Å². The zero-order valence-corrected chi connectivity index (χ0v) is 20.9. The van der Waals surface area contributed by atoms with Crippen molar-refractivity contribution >= 4 is 17.1 Å². The van der Waals surface area contributed by atoms with E-state index in [1.54, 1.807) is 18.6 Å². The summed E-state index contributed by atoms with van der Waals surface area (Å²) >= 11 is 0. The Morgan fingerprint density at radius 3 is 2.63 bits per heavy atom. The van der Waals surface area contributed by atoms with E-state index < -0.39 is 0 Å². The third-order valence-corrected chi connectivity index (χ3v) is 5.75. The summed E-state index contributed by atoms with van der Waals surface area (Å²) in [5.41, 5.74) is 18.1. The molecule has 2 aromatic rings. The average Bonchev–Trinajstić information content (AvgIpc) is 2.84. The third kappa shape index (κ3) is 7.95. The van der Waals surface area contributed by atoms with Crippen LogP contribution in [0.4, 0.5) is 5.69 Å². The number of hydrogen-bond donors (Lipinski definition) is 4. The Morgan fingerprint density at radius 2 is 1.97 bits per heavy atom. The van der Waals surface area contributed by atoms with Crippen LogP contribution in [0.3, 0.4) is 0 Å². The first-order valence-electron chi connectivity index (χ1n) is 11.9. The van der Waals surface area contributed by atoms with Crippen LogP contribution in [0.2, 0.25) is 0 Å². The van der Waals surface area contributed by atoms with Crippen LogP contribution in [0.5, 0.6) is 0 Å². The quantitative estimate of drug-likeness (QED) is 0.261. The molecule has 0 amide bonds. The molecule has 7 N–H and O–H groups in total. The van der Waals surface area contributed by atoms with Gasteiger partial charge >= 0.3 is 0 Å². The van der Waals surface area contributed by atoms with Crippen molar-refractivity contribution in [3.05, 3.63) is 71.3 Å². The van der Waals surface area contributed by atoms with E-state index in [1.807, 2.05) is 56.3 Å². The van der Waals surface area contributed by atoms with Crippen molar-refractivity contribution in [2.24, 2.45) is 17.3 Å². The number of nitrogens with one attached hydrogen (secondary N) is 1. The van der Waals surface area contributed by atoms with E-state index in [2.05, 4.69) is 22.1 Å². The number of nitrogens with two attached hydrogens (primary N) is 3. The van der Waals surface area contributed by atoms with Crippen LogP contribution in [0, 0.1) is 18.8 Å². The van der Waals surface area contributed by atoms with Gasteiger partial charge in [-0.2, -0.15) is 0 Å². The molecule has 2 heterocycles.